The van der Waals surface area contributed by atoms with E-state index in [4.69, 9.17) is 0 Å². The lowest BCUT2D eigenvalue weighted by Crippen LogP contribution is -2.62. The molecule has 0 saturated heterocycles. The van der Waals surface area contributed by atoms with Crippen molar-refractivity contribution in [2.45, 2.75) is 64.7 Å². The summed E-state index contributed by atoms with van der Waals surface area (Å²) in [5, 5.41) is 5.90. The molecule has 0 saturated carbocycles. The molecule has 0 radical (unpaired) electrons. The second-order valence-corrected chi connectivity index (χ2v) is 30.5. The van der Waals surface area contributed by atoms with Crippen LogP contribution in [0.1, 0.15) is 49.9 Å². The molecule has 0 spiro atoms. The van der Waals surface area contributed by atoms with Crippen molar-refractivity contribution in [3.8, 4) is 44.5 Å². The van der Waals surface area contributed by atoms with Crippen LogP contribution in [0.2, 0.25) is 26.2 Å². The predicted octanol–water partition coefficient (Wildman–Crippen LogP) is 14.8. The number of fused-ring (bicyclic) bond motifs is 10. The third kappa shape index (κ3) is 5.68. The summed E-state index contributed by atoms with van der Waals surface area (Å²) < 4.78 is 0. The van der Waals surface area contributed by atoms with Gasteiger partial charge in [0.05, 0.1) is 0 Å². The van der Waals surface area contributed by atoms with Crippen LogP contribution in [-0.4, -0.2) is 16.1 Å². The summed E-state index contributed by atoms with van der Waals surface area (Å²) in [6.07, 6.45) is 0. The van der Waals surface area contributed by atoms with Crippen molar-refractivity contribution in [2.75, 3.05) is 9.80 Å². The first-order valence-corrected chi connectivity index (χ1v) is 30.4. The van der Waals surface area contributed by atoms with Crippen LogP contribution in [0.5, 0.6) is 0 Å². The summed E-state index contributed by atoms with van der Waals surface area (Å²) in [5.74, 6) is 0. The molecule has 0 aromatic heterocycles. The zero-order valence-electron chi connectivity index (χ0n) is 40.4. The molecule has 0 atom stereocenters. The van der Waals surface area contributed by atoms with E-state index in [0.29, 0.717) is 0 Å². The predicted molar refractivity (Wildman–Crippen MR) is 295 cm³/mol. The summed E-state index contributed by atoms with van der Waals surface area (Å²) in [7, 11) is -4.40. The number of nitrogens with zero attached hydrogens (tertiary/aromatic N) is 2. The van der Waals surface area contributed by atoms with Gasteiger partial charge in [0.15, 0.2) is 0 Å². The molecule has 13 rings (SSSR count). The van der Waals surface area contributed by atoms with Crippen molar-refractivity contribution < 1.29 is 0 Å². The number of hydrogen-bond donors (Lipinski definition) is 0. The number of benzene rings is 9. The summed E-state index contributed by atoms with van der Waals surface area (Å²) in [4.78, 5) is 5.16. The molecule has 0 N–H and O–H groups in total. The average Bonchev–Trinajstić information content (AvgIpc) is 3.73. The zero-order chi connectivity index (χ0) is 46.5. The molecule has 2 heterocycles. The van der Waals surface area contributed by atoms with Gasteiger partial charge in [0, 0.05) is 45.0 Å². The second-order valence-electron chi connectivity index (χ2n) is 21.8. The number of anilines is 6. The topological polar surface area (TPSA) is 6.48 Å². The van der Waals surface area contributed by atoms with Crippen LogP contribution in [0, 0.1) is 0 Å². The fraction of sp³-hybridized carbons (Fsp3) is 0.156. The van der Waals surface area contributed by atoms with E-state index < -0.39 is 16.1 Å². The Balaban J connectivity index is 0.915. The standard InChI is InChI=1S/C64H56N2Si2/c1-63(2)51-19-11-9-17-47(51)49-35-29-43(37-53(49)63)41-25-31-45(32-26-41)65-55-21-13-15-23-59(55)67(5,6)61-40-58-62(39-57(61)65)68(7,8)60-24-16-14-22-56(60)66(58)46-33-27-42(28-34-46)44-30-36-50-48-18-10-12-20-52(48)64(3,4)54(50)38-44/h9-40H,1-8H3. The summed E-state index contributed by atoms with van der Waals surface area (Å²) in [6.45, 7) is 19.7. The van der Waals surface area contributed by atoms with Crippen LogP contribution in [0.3, 0.4) is 0 Å². The quantitative estimate of drug-likeness (QED) is 0.162. The second kappa shape index (κ2) is 14.3. The third-order valence-corrected chi connectivity index (χ3v) is 23.7. The first-order chi connectivity index (χ1) is 32.7. The Morgan fingerprint density at radius 1 is 0.294 bits per heavy atom. The maximum absolute atomic E-state index is 2.62. The molecule has 2 aliphatic heterocycles. The maximum Gasteiger partial charge on any atom is 0.117 e. The minimum absolute atomic E-state index is 0.0380. The Morgan fingerprint density at radius 3 is 1.04 bits per heavy atom. The molecule has 0 amide bonds. The Bertz CT molecular complexity index is 3340. The van der Waals surface area contributed by atoms with Crippen molar-refractivity contribution in [1.82, 2.24) is 0 Å². The fourth-order valence-corrected chi connectivity index (χ4v) is 18.7. The smallest absolute Gasteiger partial charge is 0.117 e. The van der Waals surface area contributed by atoms with E-state index in [9.17, 15) is 0 Å². The van der Waals surface area contributed by atoms with Crippen LogP contribution >= 0.6 is 0 Å². The van der Waals surface area contributed by atoms with Crippen molar-refractivity contribution >= 4 is 71.0 Å². The largest absolute Gasteiger partial charge is 0.311 e. The van der Waals surface area contributed by atoms with E-state index >= 15 is 0 Å². The van der Waals surface area contributed by atoms with Gasteiger partial charge in [-0.2, -0.15) is 0 Å². The van der Waals surface area contributed by atoms with Gasteiger partial charge in [0.2, 0.25) is 0 Å². The van der Waals surface area contributed by atoms with Crippen molar-refractivity contribution in [3.63, 3.8) is 0 Å². The first-order valence-electron chi connectivity index (χ1n) is 24.4. The lowest BCUT2D eigenvalue weighted by molar-refractivity contribution is 0.660. The molecule has 0 unspecified atom stereocenters. The Labute approximate surface area is 404 Å². The Morgan fingerprint density at radius 2 is 0.632 bits per heavy atom. The SMILES string of the molecule is CC1(C)c2ccccc2-c2ccc(-c3ccc(N4c5ccccc5[Si](C)(C)c5cc6c(cc54)[Si](C)(C)c4ccccc4N6c4ccc(-c5ccc6c(c5)C(C)(C)c5ccccc5-6)cc4)cc3)cc21. The van der Waals surface area contributed by atoms with Gasteiger partial charge in [-0.3, -0.25) is 0 Å². The van der Waals surface area contributed by atoms with E-state index in [-0.39, 0.29) is 10.8 Å². The number of para-hydroxylation sites is 2. The van der Waals surface area contributed by atoms with Crippen LogP contribution in [0.15, 0.2) is 194 Å². The molecule has 2 nitrogen and oxygen atoms in total. The Kier molecular flexibility index (Phi) is 8.65. The first kappa shape index (κ1) is 41.2. The molecular formula is C64H56N2Si2. The van der Waals surface area contributed by atoms with E-state index in [1.807, 2.05) is 0 Å². The molecule has 0 fully saturated rings. The molecule has 9 aromatic rings. The summed E-state index contributed by atoms with van der Waals surface area (Å²) in [5.41, 5.74) is 23.7. The number of hydrogen-bond acceptors (Lipinski definition) is 2. The average molecular weight is 909 g/mol. The molecule has 4 heteroatoms. The van der Waals surface area contributed by atoms with E-state index in [1.54, 1.807) is 0 Å². The van der Waals surface area contributed by atoms with Gasteiger partial charge < -0.3 is 9.80 Å². The maximum atomic E-state index is 2.62. The molecule has 68 heavy (non-hydrogen) atoms. The van der Waals surface area contributed by atoms with Crippen LogP contribution in [0.4, 0.5) is 34.1 Å². The fourth-order valence-electron chi connectivity index (χ4n) is 12.8. The van der Waals surface area contributed by atoms with Crippen molar-refractivity contribution in [1.29, 1.82) is 0 Å². The molecule has 4 aliphatic rings. The van der Waals surface area contributed by atoms with Gasteiger partial charge in [0.25, 0.3) is 0 Å². The zero-order valence-corrected chi connectivity index (χ0v) is 42.4. The highest BCUT2D eigenvalue weighted by molar-refractivity contribution is 7.04. The monoisotopic (exact) mass is 908 g/mol. The van der Waals surface area contributed by atoms with Crippen LogP contribution in [-0.2, 0) is 10.8 Å². The lowest BCUT2D eigenvalue weighted by Gasteiger charge is -2.46. The van der Waals surface area contributed by atoms with E-state index in [2.05, 4.69) is 258 Å². The summed E-state index contributed by atoms with van der Waals surface area (Å²) in [6, 6.07) is 74.5. The van der Waals surface area contributed by atoms with E-state index in [0.717, 1.165) is 0 Å². The Hall–Kier alpha value is -6.99. The molecule has 0 bridgehead atoms. The normalized spacial score (nSPS) is 16.6. The van der Waals surface area contributed by atoms with Gasteiger partial charge in [-0.05, 0) is 148 Å². The van der Waals surface area contributed by atoms with Gasteiger partial charge in [0.1, 0.15) is 16.1 Å². The van der Waals surface area contributed by atoms with Crippen molar-refractivity contribution in [3.05, 3.63) is 216 Å². The number of rotatable bonds is 4. The molecule has 2 aliphatic carbocycles. The molecular weight excluding hydrogens is 853 g/mol. The minimum atomic E-state index is -2.20. The minimum Gasteiger partial charge on any atom is -0.311 e. The highest BCUT2D eigenvalue weighted by atomic mass is 28.3. The summed E-state index contributed by atoms with van der Waals surface area (Å²) >= 11 is 0. The van der Waals surface area contributed by atoms with Crippen LogP contribution in [0.25, 0.3) is 44.5 Å². The molecule has 330 valence electrons. The molecule has 9 aromatic carbocycles. The van der Waals surface area contributed by atoms with Gasteiger partial charge in [-0.1, -0.05) is 187 Å². The van der Waals surface area contributed by atoms with Crippen LogP contribution < -0.4 is 30.5 Å². The highest BCUT2D eigenvalue weighted by Gasteiger charge is 2.45. The van der Waals surface area contributed by atoms with Gasteiger partial charge in [-0.15, -0.1) is 0 Å². The third-order valence-electron chi connectivity index (χ3n) is 16.7. The van der Waals surface area contributed by atoms with E-state index in [1.165, 1.54) is 122 Å². The lowest BCUT2D eigenvalue weighted by atomic mass is 9.81. The van der Waals surface area contributed by atoms with Gasteiger partial charge in [-0.25, -0.2) is 0 Å². The van der Waals surface area contributed by atoms with Gasteiger partial charge >= 0.3 is 0 Å². The highest BCUT2D eigenvalue weighted by Crippen LogP contribution is 2.52. The van der Waals surface area contributed by atoms with Crippen molar-refractivity contribution in [2.24, 2.45) is 0 Å².